The van der Waals surface area contributed by atoms with Crippen molar-refractivity contribution in [2.24, 2.45) is 0 Å². The summed E-state index contributed by atoms with van der Waals surface area (Å²) in [6, 6.07) is 0. The first kappa shape index (κ1) is 61.9. The van der Waals surface area contributed by atoms with Crippen LogP contribution < -0.4 is 0 Å². The highest BCUT2D eigenvalue weighted by molar-refractivity contribution is 5.71. The van der Waals surface area contributed by atoms with Crippen LogP contribution >= 0.6 is 0 Å². The summed E-state index contributed by atoms with van der Waals surface area (Å²) in [7, 11) is 0. The summed E-state index contributed by atoms with van der Waals surface area (Å²) in [5.74, 6) is -1.000. The maximum Gasteiger partial charge on any atom is 0.306 e. The van der Waals surface area contributed by atoms with Gasteiger partial charge in [-0.15, -0.1) is 0 Å². The standard InChI is InChI=1S/C59H102O6/c1-4-7-10-13-16-19-22-25-27-29-30-32-34-37-40-43-46-49-52-58(61)64-55-56(54-63-57(60)51-48-45-42-39-36-33-24-21-18-15-12-9-6-3)65-59(62)53-50-47-44-41-38-35-31-28-26-23-20-17-14-11-8-5-2/h8,11,17,20,26,28,33,35-36,38,42,45,56H,4-7,9-10,12-16,18-19,21-25,27,29-32,34,37,39-41,43-44,46-55H2,1-3H3/b11-8-,20-17-,28-26-,36-33-,38-35-,45-42-. The van der Waals surface area contributed by atoms with Crippen molar-refractivity contribution in [2.75, 3.05) is 13.2 Å². The SMILES string of the molecule is CC/C=C\C/C=C\C/C=C\C/C=C\CCCCCC(=O)OC(COC(=O)CC/C=C\C/C=C\CCCCCCCC)COC(=O)CCCCCCCCCCCCCCCCCCCC. The van der Waals surface area contributed by atoms with E-state index in [0.717, 1.165) is 83.5 Å². The smallest absolute Gasteiger partial charge is 0.306 e. The van der Waals surface area contributed by atoms with Crippen LogP contribution in [0.15, 0.2) is 72.9 Å². The topological polar surface area (TPSA) is 78.9 Å². The fourth-order valence-electron chi connectivity index (χ4n) is 7.60. The molecule has 0 fully saturated rings. The van der Waals surface area contributed by atoms with Crippen molar-refractivity contribution in [2.45, 2.75) is 271 Å². The average Bonchev–Trinajstić information content (AvgIpc) is 3.30. The third kappa shape index (κ3) is 51.7. The number of carbonyl (C=O) groups excluding carboxylic acids is 3. The van der Waals surface area contributed by atoms with Gasteiger partial charge in [-0.1, -0.05) is 241 Å². The molecule has 0 spiro atoms. The van der Waals surface area contributed by atoms with Crippen molar-refractivity contribution >= 4 is 17.9 Å². The normalized spacial score (nSPS) is 12.6. The average molecular weight is 907 g/mol. The van der Waals surface area contributed by atoms with Crippen LogP contribution in [-0.2, 0) is 28.6 Å². The second-order valence-electron chi connectivity index (χ2n) is 18.1. The lowest BCUT2D eigenvalue weighted by Crippen LogP contribution is -2.30. The third-order valence-electron chi connectivity index (χ3n) is 11.7. The van der Waals surface area contributed by atoms with Gasteiger partial charge >= 0.3 is 17.9 Å². The summed E-state index contributed by atoms with van der Waals surface area (Å²) in [5, 5.41) is 0. The number of hydrogen-bond donors (Lipinski definition) is 0. The number of carbonyl (C=O) groups is 3. The molecule has 374 valence electrons. The van der Waals surface area contributed by atoms with Crippen LogP contribution in [0, 0.1) is 0 Å². The van der Waals surface area contributed by atoms with Crippen LogP contribution in [0.2, 0.25) is 0 Å². The zero-order chi connectivity index (χ0) is 47.2. The van der Waals surface area contributed by atoms with Crippen LogP contribution in [0.4, 0.5) is 0 Å². The van der Waals surface area contributed by atoms with Gasteiger partial charge in [0, 0.05) is 19.3 Å². The number of ether oxygens (including phenoxy) is 3. The van der Waals surface area contributed by atoms with Gasteiger partial charge in [-0.2, -0.15) is 0 Å². The summed E-state index contributed by atoms with van der Waals surface area (Å²) < 4.78 is 16.7. The fourth-order valence-corrected chi connectivity index (χ4v) is 7.60. The molecule has 0 aliphatic rings. The number of unbranched alkanes of at least 4 members (excludes halogenated alkanes) is 26. The first-order valence-corrected chi connectivity index (χ1v) is 27.4. The Bertz CT molecular complexity index is 1230. The van der Waals surface area contributed by atoms with Crippen molar-refractivity contribution in [3.05, 3.63) is 72.9 Å². The molecule has 0 aromatic rings. The highest BCUT2D eigenvalue weighted by Crippen LogP contribution is 2.16. The Balaban J connectivity index is 4.45. The number of rotatable bonds is 49. The molecule has 0 aromatic heterocycles. The van der Waals surface area contributed by atoms with E-state index in [-0.39, 0.29) is 44.0 Å². The van der Waals surface area contributed by atoms with Gasteiger partial charge in [-0.3, -0.25) is 14.4 Å². The maximum atomic E-state index is 12.8. The summed E-state index contributed by atoms with van der Waals surface area (Å²) in [6.07, 6.45) is 67.6. The van der Waals surface area contributed by atoms with Gasteiger partial charge < -0.3 is 14.2 Å². The molecule has 0 aromatic carbocycles. The summed E-state index contributed by atoms with van der Waals surface area (Å²) >= 11 is 0. The van der Waals surface area contributed by atoms with E-state index in [2.05, 4.69) is 87.6 Å². The summed E-state index contributed by atoms with van der Waals surface area (Å²) in [4.78, 5) is 38.0. The molecule has 0 N–H and O–H groups in total. The summed E-state index contributed by atoms with van der Waals surface area (Å²) in [5.41, 5.74) is 0. The second kappa shape index (κ2) is 53.5. The van der Waals surface area contributed by atoms with E-state index in [9.17, 15) is 14.4 Å². The molecule has 0 saturated heterocycles. The zero-order valence-corrected chi connectivity index (χ0v) is 42.7. The molecule has 0 radical (unpaired) electrons. The number of esters is 3. The van der Waals surface area contributed by atoms with Crippen molar-refractivity contribution in [3.63, 3.8) is 0 Å². The Hall–Kier alpha value is -3.15. The molecule has 0 heterocycles. The first-order valence-electron chi connectivity index (χ1n) is 27.4. The number of hydrogen-bond acceptors (Lipinski definition) is 6. The molecule has 6 nitrogen and oxygen atoms in total. The number of allylic oxidation sites excluding steroid dienone is 12. The van der Waals surface area contributed by atoms with Crippen LogP contribution in [-0.4, -0.2) is 37.2 Å². The molecule has 0 saturated carbocycles. The van der Waals surface area contributed by atoms with E-state index in [0.29, 0.717) is 12.8 Å². The largest absolute Gasteiger partial charge is 0.462 e. The molecule has 65 heavy (non-hydrogen) atoms. The van der Waals surface area contributed by atoms with Gasteiger partial charge in [0.25, 0.3) is 0 Å². The highest BCUT2D eigenvalue weighted by atomic mass is 16.6. The van der Waals surface area contributed by atoms with Gasteiger partial charge in [0.1, 0.15) is 13.2 Å². The van der Waals surface area contributed by atoms with Crippen LogP contribution in [0.5, 0.6) is 0 Å². The molecule has 0 rings (SSSR count). The third-order valence-corrected chi connectivity index (χ3v) is 11.7. The van der Waals surface area contributed by atoms with E-state index in [4.69, 9.17) is 14.2 Å². The van der Waals surface area contributed by atoms with E-state index >= 15 is 0 Å². The molecule has 6 heteroatoms. The van der Waals surface area contributed by atoms with Crippen molar-refractivity contribution < 1.29 is 28.6 Å². The Morgan fingerprint density at radius 3 is 1.05 bits per heavy atom. The molecule has 0 amide bonds. The van der Waals surface area contributed by atoms with Crippen LogP contribution in [0.3, 0.4) is 0 Å². The van der Waals surface area contributed by atoms with E-state index < -0.39 is 6.10 Å². The Morgan fingerprint density at radius 1 is 0.323 bits per heavy atom. The van der Waals surface area contributed by atoms with Crippen molar-refractivity contribution in [1.82, 2.24) is 0 Å². The highest BCUT2D eigenvalue weighted by Gasteiger charge is 2.19. The van der Waals surface area contributed by atoms with Gasteiger partial charge in [0.2, 0.25) is 0 Å². The van der Waals surface area contributed by atoms with E-state index in [1.165, 1.54) is 135 Å². The Labute approximate surface area is 402 Å². The lowest BCUT2D eigenvalue weighted by atomic mass is 10.0. The van der Waals surface area contributed by atoms with Crippen molar-refractivity contribution in [1.29, 1.82) is 0 Å². The van der Waals surface area contributed by atoms with Gasteiger partial charge in [0.05, 0.1) is 0 Å². The molecule has 0 aliphatic heterocycles. The fraction of sp³-hybridized carbons (Fsp3) is 0.746. The monoisotopic (exact) mass is 907 g/mol. The minimum atomic E-state index is -0.813. The van der Waals surface area contributed by atoms with E-state index in [1.54, 1.807) is 0 Å². The molecule has 0 bridgehead atoms. The van der Waals surface area contributed by atoms with Crippen LogP contribution in [0.25, 0.3) is 0 Å². The predicted octanol–water partition coefficient (Wildman–Crippen LogP) is 18.2. The van der Waals surface area contributed by atoms with Crippen LogP contribution in [0.1, 0.15) is 265 Å². The molecule has 1 atom stereocenters. The molecular formula is C59H102O6. The quantitative estimate of drug-likeness (QED) is 0.0262. The first-order chi connectivity index (χ1) is 32.0. The lowest BCUT2D eigenvalue weighted by Gasteiger charge is -2.18. The Kier molecular flexibility index (Phi) is 50.9. The second-order valence-corrected chi connectivity index (χ2v) is 18.1. The zero-order valence-electron chi connectivity index (χ0n) is 42.7. The molecule has 1 unspecified atom stereocenters. The van der Waals surface area contributed by atoms with Crippen molar-refractivity contribution in [3.8, 4) is 0 Å². The Morgan fingerprint density at radius 2 is 0.631 bits per heavy atom. The maximum absolute atomic E-state index is 12.8. The van der Waals surface area contributed by atoms with Gasteiger partial charge in [-0.25, -0.2) is 0 Å². The molecule has 0 aliphatic carbocycles. The predicted molar refractivity (Wildman–Crippen MR) is 279 cm³/mol. The minimum absolute atomic E-state index is 0.103. The molecular weight excluding hydrogens is 805 g/mol. The van der Waals surface area contributed by atoms with E-state index in [1.807, 2.05) is 6.08 Å². The minimum Gasteiger partial charge on any atom is -0.462 e. The lowest BCUT2D eigenvalue weighted by molar-refractivity contribution is -0.166. The summed E-state index contributed by atoms with van der Waals surface area (Å²) in [6.45, 7) is 6.45. The van der Waals surface area contributed by atoms with Gasteiger partial charge in [0.15, 0.2) is 6.10 Å². The van der Waals surface area contributed by atoms with Gasteiger partial charge in [-0.05, 0) is 77.0 Å².